The second kappa shape index (κ2) is 6.43. The van der Waals surface area contributed by atoms with Crippen molar-refractivity contribution < 1.29 is 26.4 Å². The van der Waals surface area contributed by atoms with E-state index < -0.39 is 27.8 Å². The maximum Gasteiger partial charge on any atom is 0.419 e. The monoisotopic (exact) mass is 328 g/mol. The van der Waals surface area contributed by atoms with Gasteiger partial charge in [0, 0.05) is 26.3 Å². The quantitative estimate of drug-likeness (QED) is 0.864. The van der Waals surface area contributed by atoms with E-state index in [1.807, 2.05) is 0 Å². The molecule has 0 atom stereocenters. The molecular formula is C10H15F3N4O3S. The van der Waals surface area contributed by atoms with Crippen LogP contribution in [0.2, 0.25) is 0 Å². The van der Waals surface area contributed by atoms with Gasteiger partial charge < -0.3 is 4.90 Å². The number of carbonyl (C=O) groups is 1. The van der Waals surface area contributed by atoms with E-state index in [2.05, 4.69) is 9.82 Å². The van der Waals surface area contributed by atoms with E-state index in [9.17, 15) is 26.4 Å². The summed E-state index contributed by atoms with van der Waals surface area (Å²) in [6.45, 7) is 1.42. The summed E-state index contributed by atoms with van der Waals surface area (Å²) in [5.74, 6) is -0.0985. The van der Waals surface area contributed by atoms with Crippen molar-refractivity contribution in [3.8, 4) is 0 Å². The zero-order chi connectivity index (χ0) is 16.3. The number of carbonyl (C=O) groups excluding carboxylic acids is 1. The van der Waals surface area contributed by atoms with Crippen molar-refractivity contribution in [2.45, 2.75) is 13.1 Å². The Morgan fingerprint density at radius 1 is 1.48 bits per heavy atom. The van der Waals surface area contributed by atoms with Crippen molar-refractivity contribution in [3.05, 3.63) is 18.0 Å². The lowest BCUT2D eigenvalue weighted by Crippen LogP contribution is -2.38. The minimum absolute atomic E-state index is 0.000720. The van der Waals surface area contributed by atoms with E-state index in [0.717, 1.165) is 4.90 Å². The number of rotatable bonds is 5. The third-order valence-electron chi connectivity index (χ3n) is 2.58. The summed E-state index contributed by atoms with van der Waals surface area (Å²) in [6, 6.07) is -0.791. The Morgan fingerprint density at radius 2 is 2.10 bits per heavy atom. The smallest absolute Gasteiger partial charge is 0.325 e. The number of hydrogen-bond donors (Lipinski definition) is 1. The number of hydrogen-bond acceptors (Lipinski definition) is 4. The van der Waals surface area contributed by atoms with Crippen LogP contribution in [0.25, 0.3) is 0 Å². The lowest BCUT2D eigenvalue weighted by atomic mass is 10.4. The topological polar surface area (TPSA) is 84.3 Å². The van der Waals surface area contributed by atoms with Gasteiger partial charge >= 0.3 is 12.2 Å². The highest BCUT2D eigenvalue weighted by atomic mass is 32.2. The van der Waals surface area contributed by atoms with E-state index in [4.69, 9.17) is 0 Å². The molecule has 0 spiro atoms. The van der Waals surface area contributed by atoms with Gasteiger partial charge in [-0.1, -0.05) is 0 Å². The molecule has 7 nitrogen and oxygen atoms in total. The van der Waals surface area contributed by atoms with Crippen molar-refractivity contribution >= 4 is 16.1 Å². The number of nitrogens with one attached hydrogen (secondary N) is 1. The summed E-state index contributed by atoms with van der Waals surface area (Å²) in [7, 11) is -2.05. The van der Waals surface area contributed by atoms with Crippen LogP contribution in [-0.4, -0.2) is 55.0 Å². The number of sulfonamides is 1. The normalized spacial score (nSPS) is 12.4. The van der Waals surface area contributed by atoms with E-state index in [1.165, 1.54) is 14.0 Å². The Labute approximate surface area is 119 Å². The van der Waals surface area contributed by atoms with Crippen LogP contribution in [0.3, 0.4) is 0 Å². The van der Waals surface area contributed by atoms with Gasteiger partial charge in [0.15, 0.2) is 0 Å². The SMILES string of the molecule is CCS(=O)(=O)NCCN(C)C(=O)n1cc(C(F)(F)F)cn1. The molecule has 0 bridgehead atoms. The average molecular weight is 328 g/mol. The minimum Gasteiger partial charge on any atom is -0.325 e. The van der Waals surface area contributed by atoms with E-state index >= 15 is 0 Å². The molecule has 1 amide bonds. The molecule has 0 aromatic carbocycles. The number of amides is 1. The zero-order valence-corrected chi connectivity index (χ0v) is 12.2. The zero-order valence-electron chi connectivity index (χ0n) is 11.4. The largest absolute Gasteiger partial charge is 0.419 e. The fourth-order valence-electron chi connectivity index (χ4n) is 1.32. The number of halogens is 3. The molecule has 0 radical (unpaired) electrons. The first-order chi connectivity index (χ1) is 9.57. The summed E-state index contributed by atoms with van der Waals surface area (Å²) in [5.41, 5.74) is -1.03. The van der Waals surface area contributed by atoms with E-state index in [1.54, 1.807) is 0 Å². The third kappa shape index (κ3) is 5.01. The van der Waals surface area contributed by atoms with Crippen molar-refractivity contribution in [1.82, 2.24) is 19.4 Å². The van der Waals surface area contributed by atoms with Crippen LogP contribution in [0, 0.1) is 0 Å². The van der Waals surface area contributed by atoms with Crippen LogP contribution in [0.4, 0.5) is 18.0 Å². The predicted octanol–water partition coefficient (Wildman–Crippen LogP) is 0.741. The van der Waals surface area contributed by atoms with Gasteiger partial charge in [-0.05, 0) is 6.92 Å². The molecule has 1 aromatic heterocycles. The summed E-state index contributed by atoms with van der Waals surface area (Å²) < 4.78 is 62.3. The number of nitrogens with zero attached hydrogens (tertiary/aromatic N) is 3. The number of aromatic nitrogens is 2. The summed E-state index contributed by atoms with van der Waals surface area (Å²) in [6.07, 6.45) is -3.45. The predicted molar refractivity (Wildman–Crippen MR) is 68.1 cm³/mol. The fourth-order valence-corrected chi connectivity index (χ4v) is 1.92. The first-order valence-electron chi connectivity index (χ1n) is 5.91. The molecular weight excluding hydrogens is 313 g/mol. The molecule has 1 rings (SSSR count). The van der Waals surface area contributed by atoms with Crippen molar-refractivity contribution in [3.63, 3.8) is 0 Å². The van der Waals surface area contributed by atoms with Gasteiger partial charge in [0.2, 0.25) is 10.0 Å². The van der Waals surface area contributed by atoms with Crippen LogP contribution in [0.5, 0.6) is 0 Å². The molecule has 0 saturated heterocycles. The first-order valence-corrected chi connectivity index (χ1v) is 7.56. The van der Waals surface area contributed by atoms with Crippen LogP contribution in [0.15, 0.2) is 12.4 Å². The molecule has 1 N–H and O–H groups in total. The van der Waals surface area contributed by atoms with Gasteiger partial charge in [0.25, 0.3) is 0 Å². The molecule has 1 aromatic rings. The number of alkyl halides is 3. The molecule has 0 aliphatic carbocycles. The Balaban J connectivity index is 2.61. The van der Waals surface area contributed by atoms with Gasteiger partial charge in [-0.2, -0.15) is 23.0 Å². The van der Waals surface area contributed by atoms with Crippen molar-refractivity contribution in [2.24, 2.45) is 0 Å². The highest BCUT2D eigenvalue weighted by Gasteiger charge is 2.33. The Kier molecular flexibility index (Phi) is 5.34. The summed E-state index contributed by atoms with van der Waals surface area (Å²) in [4.78, 5) is 12.9. The molecule has 0 aliphatic heterocycles. The Bertz CT molecular complexity index is 597. The van der Waals surface area contributed by atoms with Gasteiger partial charge in [0.05, 0.1) is 17.5 Å². The van der Waals surface area contributed by atoms with Crippen LogP contribution in [-0.2, 0) is 16.2 Å². The molecule has 120 valence electrons. The highest BCUT2D eigenvalue weighted by molar-refractivity contribution is 7.89. The van der Waals surface area contributed by atoms with Crippen LogP contribution < -0.4 is 4.72 Å². The van der Waals surface area contributed by atoms with E-state index in [-0.39, 0.29) is 18.8 Å². The second-order valence-electron chi connectivity index (χ2n) is 4.17. The molecule has 11 heteroatoms. The molecule has 0 unspecified atom stereocenters. The maximum atomic E-state index is 12.4. The average Bonchev–Trinajstić information content (AvgIpc) is 2.87. The third-order valence-corrected chi connectivity index (χ3v) is 3.99. The van der Waals surface area contributed by atoms with Gasteiger partial charge in [-0.3, -0.25) is 0 Å². The number of likely N-dealkylation sites (N-methyl/N-ethyl adjacent to an activating group) is 1. The second-order valence-corrected chi connectivity index (χ2v) is 6.27. The van der Waals surface area contributed by atoms with E-state index in [0.29, 0.717) is 17.1 Å². The molecule has 21 heavy (non-hydrogen) atoms. The summed E-state index contributed by atoms with van der Waals surface area (Å²) >= 11 is 0. The maximum absolute atomic E-state index is 12.4. The van der Waals surface area contributed by atoms with Gasteiger partial charge in [-0.15, -0.1) is 0 Å². The fraction of sp³-hybridized carbons (Fsp3) is 0.600. The van der Waals surface area contributed by atoms with Gasteiger partial charge in [0.1, 0.15) is 0 Å². The molecule has 0 saturated carbocycles. The van der Waals surface area contributed by atoms with Gasteiger partial charge in [-0.25, -0.2) is 17.9 Å². The standard InChI is InChI=1S/C10H15F3N4O3S/c1-3-21(19,20)15-4-5-16(2)9(18)17-7-8(6-14-17)10(11,12)13/h6-7,15H,3-5H2,1-2H3. The molecule has 0 aliphatic rings. The minimum atomic E-state index is -4.58. The molecule has 1 heterocycles. The highest BCUT2D eigenvalue weighted by Crippen LogP contribution is 2.28. The Hall–Kier alpha value is -1.62. The Morgan fingerprint density at radius 3 is 2.57 bits per heavy atom. The molecule has 0 fully saturated rings. The van der Waals surface area contributed by atoms with Crippen LogP contribution in [0.1, 0.15) is 12.5 Å². The first kappa shape index (κ1) is 17.4. The van der Waals surface area contributed by atoms with Crippen molar-refractivity contribution in [1.29, 1.82) is 0 Å². The van der Waals surface area contributed by atoms with Crippen molar-refractivity contribution in [2.75, 3.05) is 25.9 Å². The lowest BCUT2D eigenvalue weighted by Gasteiger charge is -2.16. The van der Waals surface area contributed by atoms with Crippen LogP contribution >= 0.6 is 0 Å². The lowest BCUT2D eigenvalue weighted by molar-refractivity contribution is -0.137. The summed E-state index contributed by atoms with van der Waals surface area (Å²) in [5, 5.41) is 3.34.